The van der Waals surface area contributed by atoms with E-state index in [4.69, 9.17) is 10.00 Å². The Bertz CT molecular complexity index is 628. The Morgan fingerprint density at radius 1 is 1.09 bits per heavy atom. The molecular formula is C17H18ClN3O. The summed E-state index contributed by atoms with van der Waals surface area (Å²) in [7, 11) is 0. The molecule has 1 aliphatic rings. The van der Waals surface area contributed by atoms with Gasteiger partial charge in [0.05, 0.1) is 5.56 Å². The number of piperidine rings is 1. The van der Waals surface area contributed by atoms with Crippen LogP contribution in [0.15, 0.2) is 42.6 Å². The quantitative estimate of drug-likeness (QED) is 0.939. The number of ether oxygens (including phenoxy) is 1. The third-order valence-electron chi connectivity index (χ3n) is 3.78. The molecule has 0 amide bonds. The molecule has 0 unspecified atom stereocenters. The highest BCUT2D eigenvalue weighted by Crippen LogP contribution is 2.28. The Morgan fingerprint density at radius 2 is 1.82 bits per heavy atom. The molecular weight excluding hydrogens is 298 g/mol. The van der Waals surface area contributed by atoms with Crippen LogP contribution in [0.3, 0.4) is 0 Å². The molecule has 0 aliphatic carbocycles. The van der Waals surface area contributed by atoms with Gasteiger partial charge in [0.25, 0.3) is 0 Å². The van der Waals surface area contributed by atoms with Crippen molar-refractivity contribution in [2.45, 2.75) is 18.8 Å². The summed E-state index contributed by atoms with van der Waals surface area (Å²) >= 11 is 0. The smallest absolute Gasteiger partial charge is 0.219 e. The van der Waals surface area contributed by atoms with Crippen LogP contribution in [0.2, 0.25) is 0 Å². The van der Waals surface area contributed by atoms with Gasteiger partial charge in [0.15, 0.2) is 0 Å². The number of halogens is 1. The van der Waals surface area contributed by atoms with Crippen molar-refractivity contribution in [2.75, 3.05) is 13.1 Å². The average molecular weight is 316 g/mol. The largest absolute Gasteiger partial charge is 0.439 e. The SMILES string of the molecule is Cl.N#Cc1ccc(Oc2ccc(C3CCNCC3)cc2)nc1. The number of nitrogens with one attached hydrogen (secondary N) is 1. The van der Waals surface area contributed by atoms with Gasteiger partial charge in [-0.05, 0) is 55.6 Å². The predicted molar refractivity (Wildman–Crippen MR) is 87.6 cm³/mol. The second-order valence-corrected chi connectivity index (χ2v) is 5.19. The van der Waals surface area contributed by atoms with Crippen molar-refractivity contribution in [1.82, 2.24) is 10.3 Å². The van der Waals surface area contributed by atoms with Crippen molar-refractivity contribution in [3.05, 3.63) is 53.7 Å². The Kier molecular flexibility index (Phi) is 5.76. The van der Waals surface area contributed by atoms with Crippen LogP contribution in [-0.2, 0) is 0 Å². The van der Waals surface area contributed by atoms with Gasteiger partial charge in [0, 0.05) is 12.3 Å². The number of hydrogen-bond donors (Lipinski definition) is 1. The molecule has 1 aliphatic heterocycles. The minimum absolute atomic E-state index is 0. The van der Waals surface area contributed by atoms with E-state index in [0.717, 1.165) is 18.8 Å². The fraction of sp³-hybridized carbons (Fsp3) is 0.294. The van der Waals surface area contributed by atoms with Gasteiger partial charge in [0.1, 0.15) is 11.8 Å². The van der Waals surface area contributed by atoms with E-state index in [2.05, 4.69) is 22.4 Å². The number of rotatable bonds is 3. The van der Waals surface area contributed by atoms with Crippen molar-refractivity contribution in [2.24, 2.45) is 0 Å². The molecule has 2 aromatic rings. The standard InChI is InChI=1S/C17H17N3O.ClH/c18-11-13-1-6-17(20-12-13)21-16-4-2-14(3-5-16)15-7-9-19-10-8-15;/h1-6,12,15,19H,7-10H2;1H. The minimum atomic E-state index is 0. The van der Waals surface area contributed by atoms with E-state index in [1.165, 1.54) is 24.6 Å². The van der Waals surface area contributed by atoms with Crippen molar-refractivity contribution < 1.29 is 4.74 Å². The van der Waals surface area contributed by atoms with E-state index in [1.54, 1.807) is 12.1 Å². The maximum atomic E-state index is 8.74. The van der Waals surface area contributed by atoms with Crippen LogP contribution in [-0.4, -0.2) is 18.1 Å². The van der Waals surface area contributed by atoms with Crippen LogP contribution >= 0.6 is 12.4 Å². The Morgan fingerprint density at radius 3 is 2.41 bits per heavy atom. The summed E-state index contributed by atoms with van der Waals surface area (Å²) in [6.07, 6.45) is 3.90. The molecule has 4 nitrogen and oxygen atoms in total. The summed E-state index contributed by atoms with van der Waals surface area (Å²) < 4.78 is 5.69. The molecule has 22 heavy (non-hydrogen) atoms. The highest BCUT2D eigenvalue weighted by Gasteiger charge is 2.14. The van der Waals surface area contributed by atoms with Gasteiger partial charge in [-0.1, -0.05) is 12.1 Å². The fourth-order valence-corrected chi connectivity index (χ4v) is 2.59. The molecule has 1 saturated heterocycles. The lowest BCUT2D eigenvalue weighted by Gasteiger charge is -2.23. The zero-order valence-corrected chi connectivity index (χ0v) is 13.0. The normalized spacial score (nSPS) is 14.7. The van der Waals surface area contributed by atoms with Gasteiger partial charge in [-0.2, -0.15) is 5.26 Å². The Hall–Kier alpha value is -2.09. The van der Waals surface area contributed by atoms with Crippen molar-refractivity contribution in [3.8, 4) is 17.7 Å². The van der Waals surface area contributed by atoms with E-state index in [1.807, 2.05) is 18.2 Å². The number of nitrogens with zero attached hydrogens (tertiary/aromatic N) is 2. The molecule has 0 saturated carbocycles. The highest BCUT2D eigenvalue weighted by molar-refractivity contribution is 5.85. The van der Waals surface area contributed by atoms with E-state index in [0.29, 0.717) is 17.4 Å². The highest BCUT2D eigenvalue weighted by atomic mass is 35.5. The fourth-order valence-electron chi connectivity index (χ4n) is 2.59. The van der Waals surface area contributed by atoms with Crippen LogP contribution in [0.1, 0.15) is 29.9 Å². The maximum Gasteiger partial charge on any atom is 0.219 e. The molecule has 2 heterocycles. The summed E-state index contributed by atoms with van der Waals surface area (Å²) in [6.45, 7) is 2.19. The number of nitriles is 1. The van der Waals surface area contributed by atoms with E-state index < -0.39 is 0 Å². The second-order valence-electron chi connectivity index (χ2n) is 5.19. The number of benzene rings is 1. The summed E-state index contributed by atoms with van der Waals surface area (Å²) in [5, 5.41) is 12.1. The minimum Gasteiger partial charge on any atom is -0.439 e. The van der Waals surface area contributed by atoms with Gasteiger partial charge >= 0.3 is 0 Å². The van der Waals surface area contributed by atoms with Crippen LogP contribution in [0.4, 0.5) is 0 Å². The van der Waals surface area contributed by atoms with Crippen LogP contribution in [0.5, 0.6) is 11.6 Å². The lowest BCUT2D eigenvalue weighted by Crippen LogP contribution is -2.26. The van der Waals surface area contributed by atoms with Gasteiger partial charge < -0.3 is 10.1 Å². The summed E-state index contributed by atoms with van der Waals surface area (Å²) in [5.74, 6) is 1.92. The first kappa shape index (κ1) is 16.3. The lowest BCUT2D eigenvalue weighted by molar-refractivity contribution is 0.454. The second kappa shape index (κ2) is 7.79. The van der Waals surface area contributed by atoms with E-state index in [9.17, 15) is 0 Å². The zero-order valence-electron chi connectivity index (χ0n) is 12.2. The van der Waals surface area contributed by atoms with Crippen molar-refractivity contribution >= 4 is 12.4 Å². The van der Waals surface area contributed by atoms with Gasteiger partial charge in [0.2, 0.25) is 5.88 Å². The number of pyridine rings is 1. The average Bonchev–Trinajstić information content (AvgIpc) is 2.57. The summed E-state index contributed by atoms with van der Waals surface area (Å²) in [5.41, 5.74) is 1.90. The van der Waals surface area contributed by atoms with Crippen molar-refractivity contribution in [1.29, 1.82) is 5.26 Å². The van der Waals surface area contributed by atoms with Gasteiger partial charge in [-0.3, -0.25) is 0 Å². The van der Waals surface area contributed by atoms with Crippen LogP contribution < -0.4 is 10.1 Å². The molecule has 1 fully saturated rings. The molecule has 0 bridgehead atoms. The molecule has 0 spiro atoms. The Labute approximate surface area is 136 Å². The zero-order chi connectivity index (χ0) is 14.5. The summed E-state index contributed by atoms with van der Waals surface area (Å²) in [6, 6.07) is 13.7. The van der Waals surface area contributed by atoms with E-state index in [-0.39, 0.29) is 12.4 Å². The lowest BCUT2D eigenvalue weighted by atomic mass is 9.90. The van der Waals surface area contributed by atoms with Gasteiger partial charge in [-0.15, -0.1) is 12.4 Å². The number of aromatic nitrogens is 1. The van der Waals surface area contributed by atoms with Gasteiger partial charge in [-0.25, -0.2) is 4.98 Å². The monoisotopic (exact) mass is 315 g/mol. The molecule has 5 heteroatoms. The Balaban J connectivity index is 0.00000176. The van der Waals surface area contributed by atoms with E-state index >= 15 is 0 Å². The summed E-state index contributed by atoms with van der Waals surface area (Å²) in [4.78, 5) is 4.10. The predicted octanol–water partition coefficient (Wildman–Crippen LogP) is 3.63. The molecule has 0 atom stereocenters. The molecule has 0 radical (unpaired) electrons. The molecule has 3 rings (SSSR count). The maximum absolute atomic E-state index is 8.74. The third-order valence-corrected chi connectivity index (χ3v) is 3.78. The van der Waals surface area contributed by atoms with Crippen molar-refractivity contribution in [3.63, 3.8) is 0 Å². The molecule has 1 aromatic heterocycles. The van der Waals surface area contributed by atoms with Crippen LogP contribution in [0.25, 0.3) is 0 Å². The van der Waals surface area contributed by atoms with Crippen LogP contribution in [0, 0.1) is 11.3 Å². The molecule has 1 aromatic carbocycles. The first-order chi connectivity index (χ1) is 10.3. The first-order valence-corrected chi connectivity index (χ1v) is 7.20. The molecule has 114 valence electrons. The molecule has 1 N–H and O–H groups in total. The topological polar surface area (TPSA) is 57.9 Å². The number of hydrogen-bond acceptors (Lipinski definition) is 4. The third kappa shape index (κ3) is 3.97. The first-order valence-electron chi connectivity index (χ1n) is 7.20.